The third-order valence-electron chi connectivity index (χ3n) is 7.88. The molecule has 0 bridgehead atoms. The quantitative estimate of drug-likeness (QED) is 0.516. The van der Waals surface area contributed by atoms with Gasteiger partial charge in [0.05, 0.1) is 11.5 Å². The molecule has 0 radical (unpaired) electrons. The van der Waals surface area contributed by atoms with Gasteiger partial charge in [0, 0.05) is 31.6 Å². The first-order valence-electron chi connectivity index (χ1n) is 13.0. The molecule has 1 spiro atoms. The van der Waals surface area contributed by atoms with Gasteiger partial charge in [-0.1, -0.05) is 85.8 Å². The number of nitrogens with zero attached hydrogens (tertiary/aromatic N) is 3. The second-order valence-electron chi connectivity index (χ2n) is 10.2. The highest BCUT2D eigenvalue weighted by Gasteiger charge is 2.57. The number of benzene rings is 3. The number of para-hydroxylation sites is 1. The summed E-state index contributed by atoms with van der Waals surface area (Å²) >= 11 is 0. The van der Waals surface area contributed by atoms with E-state index < -0.39 is 35.4 Å². The third-order valence-corrected chi connectivity index (χ3v) is 7.88. The summed E-state index contributed by atoms with van der Waals surface area (Å²) in [7, 11) is 1.54. The SMILES string of the molecule is C[C@H](c1ccccc1)[C@@H](C(=O)N1C[C@]2(C[C@H]1C#N)C(=O)Nc1ccccc12)N(C)C(=O)OCc1ccccc1. The fourth-order valence-corrected chi connectivity index (χ4v) is 5.74. The molecule has 39 heavy (non-hydrogen) atoms. The van der Waals surface area contributed by atoms with Crippen LogP contribution in [0.5, 0.6) is 0 Å². The number of nitriles is 1. The largest absolute Gasteiger partial charge is 0.445 e. The second-order valence-corrected chi connectivity index (χ2v) is 10.2. The Bertz CT molecular complexity index is 1420. The zero-order chi connectivity index (χ0) is 27.6. The highest BCUT2D eigenvalue weighted by molar-refractivity contribution is 6.07. The van der Waals surface area contributed by atoms with Gasteiger partial charge in [0.2, 0.25) is 11.8 Å². The Morgan fingerprint density at radius 1 is 1.08 bits per heavy atom. The summed E-state index contributed by atoms with van der Waals surface area (Å²) in [6.07, 6.45) is -0.460. The Hall–Kier alpha value is -4.64. The van der Waals surface area contributed by atoms with E-state index in [9.17, 15) is 19.6 Å². The van der Waals surface area contributed by atoms with E-state index in [1.165, 1.54) is 9.80 Å². The molecular formula is C31H30N4O4. The van der Waals surface area contributed by atoms with Crippen molar-refractivity contribution in [3.63, 3.8) is 0 Å². The minimum atomic E-state index is -1.01. The van der Waals surface area contributed by atoms with Crippen molar-refractivity contribution in [2.75, 3.05) is 18.9 Å². The lowest BCUT2D eigenvalue weighted by molar-refractivity contribution is -0.137. The molecule has 2 aliphatic rings. The van der Waals surface area contributed by atoms with Crippen LogP contribution in [0.15, 0.2) is 84.9 Å². The molecule has 0 aliphatic carbocycles. The summed E-state index contributed by atoms with van der Waals surface area (Å²) in [4.78, 5) is 43.5. The molecule has 4 atom stereocenters. The maximum Gasteiger partial charge on any atom is 0.410 e. The van der Waals surface area contributed by atoms with E-state index >= 15 is 0 Å². The van der Waals surface area contributed by atoms with E-state index in [2.05, 4.69) is 11.4 Å². The maximum absolute atomic E-state index is 14.3. The molecule has 8 heteroatoms. The van der Waals surface area contributed by atoms with Gasteiger partial charge in [0.25, 0.3) is 0 Å². The predicted octanol–water partition coefficient (Wildman–Crippen LogP) is 4.44. The minimum Gasteiger partial charge on any atom is -0.445 e. The second kappa shape index (κ2) is 10.6. The van der Waals surface area contributed by atoms with Crippen molar-refractivity contribution in [2.45, 2.75) is 43.4 Å². The van der Waals surface area contributed by atoms with Crippen LogP contribution >= 0.6 is 0 Å². The molecule has 0 saturated carbocycles. The van der Waals surface area contributed by atoms with Crippen LogP contribution in [-0.2, 0) is 26.3 Å². The Morgan fingerprint density at radius 3 is 2.41 bits per heavy atom. The van der Waals surface area contributed by atoms with E-state index in [1.54, 1.807) is 7.05 Å². The predicted molar refractivity (Wildman–Crippen MR) is 146 cm³/mol. The molecule has 3 aromatic rings. The van der Waals surface area contributed by atoms with E-state index in [0.717, 1.165) is 16.7 Å². The summed E-state index contributed by atoms with van der Waals surface area (Å²) in [6.45, 7) is 2.00. The van der Waals surface area contributed by atoms with Crippen LogP contribution in [0.25, 0.3) is 0 Å². The molecule has 8 nitrogen and oxygen atoms in total. The first kappa shape index (κ1) is 26.0. The topological polar surface area (TPSA) is 103 Å². The van der Waals surface area contributed by atoms with Gasteiger partial charge < -0.3 is 15.0 Å². The Morgan fingerprint density at radius 2 is 1.72 bits per heavy atom. The molecule has 1 N–H and O–H groups in total. The van der Waals surface area contributed by atoms with Crippen molar-refractivity contribution in [3.8, 4) is 6.07 Å². The molecule has 5 rings (SSSR count). The van der Waals surface area contributed by atoms with Crippen LogP contribution in [0.2, 0.25) is 0 Å². The Labute approximate surface area is 227 Å². The number of fused-ring (bicyclic) bond motifs is 2. The first-order chi connectivity index (χ1) is 18.9. The molecule has 3 aromatic carbocycles. The molecule has 2 heterocycles. The van der Waals surface area contributed by atoms with E-state index in [1.807, 2.05) is 91.9 Å². The number of ether oxygens (including phenoxy) is 1. The highest BCUT2D eigenvalue weighted by atomic mass is 16.6. The van der Waals surface area contributed by atoms with Crippen LogP contribution in [0.3, 0.4) is 0 Å². The number of likely N-dealkylation sites (N-methyl/N-ethyl adjacent to an activating group) is 1. The van der Waals surface area contributed by atoms with E-state index in [0.29, 0.717) is 5.69 Å². The number of amides is 3. The van der Waals surface area contributed by atoms with Crippen molar-refractivity contribution in [2.24, 2.45) is 0 Å². The summed E-state index contributed by atoms with van der Waals surface area (Å²) in [5.41, 5.74) is 2.16. The average molecular weight is 523 g/mol. The zero-order valence-electron chi connectivity index (χ0n) is 21.9. The molecular weight excluding hydrogens is 492 g/mol. The van der Waals surface area contributed by atoms with Crippen LogP contribution in [0, 0.1) is 11.3 Å². The number of likely N-dealkylation sites (tertiary alicyclic amines) is 1. The summed E-state index contributed by atoms with van der Waals surface area (Å²) in [5, 5.41) is 13.0. The van der Waals surface area contributed by atoms with E-state index in [-0.39, 0.29) is 25.5 Å². The van der Waals surface area contributed by atoms with Gasteiger partial charge in [0.15, 0.2) is 0 Å². The molecule has 198 valence electrons. The minimum absolute atomic E-state index is 0.0534. The van der Waals surface area contributed by atoms with Crippen molar-refractivity contribution in [1.29, 1.82) is 5.26 Å². The molecule has 0 unspecified atom stereocenters. The Kier molecular flexibility index (Phi) is 7.07. The van der Waals surface area contributed by atoms with Gasteiger partial charge >= 0.3 is 6.09 Å². The van der Waals surface area contributed by atoms with Gasteiger partial charge in [-0.25, -0.2) is 4.79 Å². The number of anilines is 1. The fraction of sp³-hybridized carbons (Fsp3) is 0.290. The average Bonchev–Trinajstić information content (AvgIpc) is 3.50. The van der Waals surface area contributed by atoms with Gasteiger partial charge in [-0.3, -0.25) is 14.5 Å². The van der Waals surface area contributed by atoms with Crippen LogP contribution < -0.4 is 5.32 Å². The summed E-state index contributed by atoms with van der Waals surface area (Å²) in [5.74, 6) is -1.03. The normalized spacial score (nSPS) is 21.0. The number of nitrogens with one attached hydrogen (secondary N) is 1. The monoisotopic (exact) mass is 522 g/mol. The van der Waals surface area contributed by atoms with Gasteiger partial charge in [-0.2, -0.15) is 5.26 Å². The number of rotatable bonds is 6. The molecule has 1 saturated heterocycles. The smallest absolute Gasteiger partial charge is 0.410 e. The third kappa shape index (κ3) is 4.72. The van der Waals surface area contributed by atoms with Crippen molar-refractivity contribution < 1.29 is 19.1 Å². The number of carbonyl (C=O) groups is 3. The van der Waals surface area contributed by atoms with Crippen LogP contribution in [0.4, 0.5) is 10.5 Å². The molecule has 0 aromatic heterocycles. The van der Waals surface area contributed by atoms with E-state index in [4.69, 9.17) is 4.74 Å². The summed E-state index contributed by atoms with van der Waals surface area (Å²) < 4.78 is 5.57. The number of hydrogen-bond donors (Lipinski definition) is 1. The van der Waals surface area contributed by atoms with Gasteiger partial charge in [-0.15, -0.1) is 0 Å². The fourth-order valence-electron chi connectivity index (χ4n) is 5.74. The maximum atomic E-state index is 14.3. The summed E-state index contributed by atoms with van der Waals surface area (Å²) in [6, 6.07) is 26.6. The lowest BCUT2D eigenvalue weighted by atomic mass is 9.80. The van der Waals surface area contributed by atoms with Crippen molar-refractivity contribution in [3.05, 3.63) is 102 Å². The Balaban J connectivity index is 1.45. The first-order valence-corrected chi connectivity index (χ1v) is 13.0. The van der Waals surface area contributed by atoms with Gasteiger partial charge in [-0.05, 0) is 22.8 Å². The lowest BCUT2D eigenvalue weighted by Gasteiger charge is -2.35. The lowest BCUT2D eigenvalue weighted by Crippen LogP contribution is -2.53. The standard InChI is InChI=1S/C31H30N4O4/c1-21(23-13-7-4-8-14-23)27(34(2)30(38)39-19-22-11-5-3-6-12-22)28(36)35-20-31(17-24(35)18-32)25-15-9-10-16-26(25)33-29(31)37/h3-16,21,24,27H,17,19-20H2,1-2H3,(H,33,37)/t21-,24+,27+,31+/m1/s1. The van der Waals surface area contributed by atoms with Crippen molar-refractivity contribution >= 4 is 23.6 Å². The highest BCUT2D eigenvalue weighted by Crippen LogP contribution is 2.46. The number of carbonyl (C=O) groups excluding carboxylic acids is 3. The van der Waals surface area contributed by atoms with Crippen molar-refractivity contribution in [1.82, 2.24) is 9.80 Å². The molecule has 3 amide bonds. The number of hydrogen-bond acceptors (Lipinski definition) is 5. The van der Waals surface area contributed by atoms with Crippen LogP contribution in [0.1, 0.15) is 36.0 Å². The molecule has 2 aliphatic heterocycles. The van der Waals surface area contributed by atoms with Gasteiger partial charge in [0.1, 0.15) is 18.7 Å². The zero-order valence-corrected chi connectivity index (χ0v) is 21.9. The molecule has 1 fully saturated rings. The van der Waals surface area contributed by atoms with Crippen LogP contribution in [-0.4, -0.2) is 53.4 Å².